The Hall–Kier alpha value is -3.41. The standard InChI is InChI=1S/C28H32FN3O2/c1-3-5-13-26(33)30(18-6-4-2)20-27(34)32-24-11-8-7-10-23(24)31-19-9-12-25(31)28(32)21-14-16-22(29)17-15-21/h7-12,14-17,19,28H,3-6,13,18,20H2,1-2H3. The molecule has 0 bridgehead atoms. The molecule has 0 saturated carbocycles. The quantitative estimate of drug-likeness (QED) is 0.400. The molecule has 1 aliphatic heterocycles. The third-order valence-corrected chi connectivity index (χ3v) is 6.38. The molecule has 4 rings (SSSR count). The second kappa shape index (κ2) is 10.7. The SMILES string of the molecule is CCCCC(=O)N(CCCC)CC(=O)N1c2ccccc2-n2cccc2C1c1ccc(F)cc1. The molecule has 34 heavy (non-hydrogen) atoms. The number of unbranched alkanes of at least 4 members (excludes halogenated alkanes) is 2. The van der Waals surface area contributed by atoms with E-state index in [1.807, 2.05) is 42.6 Å². The summed E-state index contributed by atoms with van der Waals surface area (Å²) in [4.78, 5) is 30.4. The first-order valence-electron chi connectivity index (χ1n) is 12.2. The fourth-order valence-corrected chi connectivity index (χ4v) is 4.59. The van der Waals surface area contributed by atoms with Gasteiger partial charge in [0.15, 0.2) is 0 Å². The second-order valence-electron chi connectivity index (χ2n) is 8.78. The summed E-state index contributed by atoms with van der Waals surface area (Å²) in [5.41, 5.74) is 3.44. The molecule has 1 unspecified atom stereocenters. The summed E-state index contributed by atoms with van der Waals surface area (Å²) in [6.07, 6.45) is 5.98. The van der Waals surface area contributed by atoms with Crippen LogP contribution in [-0.2, 0) is 9.59 Å². The first-order valence-corrected chi connectivity index (χ1v) is 12.2. The molecule has 0 N–H and O–H groups in total. The zero-order chi connectivity index (χ0) is 24.1. The van der Waals surface area contributed by atoms with Crippen molar-refractivity contribution in [3.05, 3.63) is 83.9 Å². The van der Waals surface area contributed by atoms with Gasteiger partial charge in [-0.1, -0.05) is 51.0 Å². The molecule has 1 aromatic heterocycles. The molecule has 178 valence electrons. The molecule has 1 atom stereocenters. The lowest BCUT2D eigenvalue weighted by Gasteiger charge is -2.39. The van der Waals surface area contributed by atoms with Gasteiger partial charge >= 0.3 is 0 Å². The Labute approximate surface area is 200 Å². The van der Waals surface area contributed by atoms with Crippen LogP contribution in [0.5, 0.6) is 0 Å². The van der Waals surface area contributed by atoms with E-state index in [4.69, 9.17) is 0 Å². The second-order valence-corrected chi connectivity index (χ2v) is 8.78. The number of para-hydroxylation sites is 2. The largest absolute Gasteiger partial charge is 0.333 e. The topological polar surface area (TPSA) is 45.6 Å². The normalized spacial score (nSPS) is 14.4. The summed E-state index contributed by atoms with van der Waals surface area (Å²) in [6.45, 7) is 4.73. The van der Waals surface area contributed by atoms with Gasteiger partial charge < -0.3 is 9.47 Å². The van der Waals surface area contributed by atoms with Crippen molar-refractivity contribution < 1.29 is 14.0 Å². The molecule has 6 heteroatoms. The van der Waals surface area contributed by atoms with Gasteiger partial charge in [-0.05, 0) is 54.8 Å². The number of hydrogen-bond donors (Lipinski definition) is 0. The van der Waals surface area contributed by atoms with Crippen molar-refractivity contribution in [1.29, 1.82) is 0 Å². The molecule has 0 aliphatic carbocycles. The van der Waals surface area contributed by atoms with Crippen LogP contribution in [0.15, 0.2) is 66.9 Å². The molecule has 0 spiro atoms. The van der Waals surface area contributed by atoms with E-state index in [1.165, 1.54) is 12.1 Å². The molecule has 0 fully saturated rings. The average molecular weight is 462 g/mol. The number of fused-ring (bicyclic) bond motifs is 3. The van der Waals surface area contributed by atoms with E-state index in [1.54, 1.807) is 21.9 Å². The number of carbonyl (C=O) groups is 2. The number of aromatic nitrogens is 1. The molecule has 2 heterocycles. The highest BCUT2D eigenvalue weighted by molar-refractivity contribution is 6.00. The van der Waals surface area contributed by atoms with E-state index < -0.39 is 6.04 Å². The van der Waals surface area contributed by atoms with Crippen molar-refractivity contribution in [3.63, 3.8) is 0 Å². The number of amides is 2. The Morgan fingerprint density at radius 2 is 1.62 bits per heavy atom. The van der Waals surface area contributed by atoms with E-state index in [9.17, 15) is 14.0 Å². The molecule has 1 aliphatic rings. The van der Waals surface area contributed by atoms with Gasteiger partial charge in [0.05, 0.1) is 17.1 Å². The van der Waals surface area contributed by atoms with Crippen LogP contribution in [0.1, 0.15) is 63.3 Å². The number of carbonyl (C=O) groups excluding carboxylic acids is 2. The van der Waals surface area contributed by atoms with Gasteiger partial charge in [-0.3, -0.25) is 14.5 Å². The highest BCUT2D eigenvalue weighted by Gasteiger charge is 2.36. The smallest absolute Gasteiger partial charge is 0.247 e. The van der Waals surface area contributed by atoms with Gasteiger partial charge in [0.2, 0.25) is 11.8 Å². The third kappa shape index (κ3) is 4.76. The zero-order valence-electron chi connectivity index (χ0n) is 19.9. The Morgan fingerprint density at radius 1 is 0.912 bits per heavy atom. The van der Waals surface area contributed by atoms with Crippen LogP contribution in [0.2, 0.25) is 0 Å². The molecule has 3 aromatic rings. The fraction of sp³-hybridized carbons (Fsp3) is 0.357. The van der Waals surface area contributed by atoms with Crippen molar-refractivity contribution in [2.75, 3.05) is 18.0 Å². The Kier molecular flexibility index (Phi) is 7.46. The van der Waals surface area contributed by atoms with Crippen molar-refractivity contribution in [1.82, 2.24) is 9.47 Å². The summed E-state index contributed by atoms with van der Waals surface area (Å²) in [5, 5.41) is 0. The molecule has 0 saturated heterocycles. The molecule has 2 aromatic carbocycles. The van der Waals surface area contributed by atoms with E-state index in [0.717, 1.165) is 48.3 Å². The third-order valence-electron chi connectivity index (χ3n) is 6.38. The van der Waals surface area contributed by atoms with Gasteiger partial charge in [0.1, 0.15) is 18.4 Å². The van der Waals surface area contributed by atoms with E-state index in [0.29, 0.717) is 13.0 Å². The first kappa shape index (κ1) is 23.7. The molecule has 5 nitrogen and oxygen atoms in total. The van der Waals surface area contributed by atoms with Crippen LogP contribution >= 0.6 is 0 Å². The molecule has 0 radical (unpaired) electrons. The van der Waals surface area contributed by atoms with Gasteiger partial charge in [0.25, 0.3) is 0 Å². The summed E-state index contributed by atoms with van der Waals surface area (Å²) < 4.78 is 15.8. The Morgan fingerprint density at radius 3 is 2.32 bits per heavy atom. The summed E-state index contributed by atoms with van der Waals surface area (Å²) in [6, 6.07) is 17.6. The highest BCUT2D eigenvalue weighted by Crippen LogP contribution is 2.42. The van der Waals surface area contributed by atoms with Crippen molar-refractivity contribution in [2.24, 2.45) is 0 Å². The van der Waals surface area contributed by atoms with Gasteiger partial charge in [-0.15, -0.1) is 0 Å². The Balaban J connectivity index is 1.74. The number of nitrogens with zero attached hydrogens (tertiary/aromatic N) is 3. The Bertz CT molecular complexity index is 1140. The molecular weight excluding hydrogens is 429 g/mol. The van der Waals surface area contributed by atoms with Gasteiger partial charge in [-0.2, -0.15) is 0 Å². The number of benzene rings is 2. The number of halogens is 1. The lowest BCUT2D eigenvalue weighted by molar-refractivity contribution is -0.135. The number of rotatable bonds is 9. The minimum atomic E-state index is -0.420. The maximum Gasteiger partial charge on any atom is 0.247 e. The fourth-order valence-electron chi connectivity index (χ4n) is 4.59. The lowest BCUT2D eigenvalue weighted by atomic mass is 9.97. The molecule has 2 amide bonds. The predicted octanol–water partition coefficient (Wildman–Crippen LogP) is 5.87. The van der Waals surface area contributed by atoms with Gasteiger partial charge in [0, 0.05) is 19.2 Å². The number of anilines is 1. The zero-order valence-corrected chi connectivity index (χ0v) is 19.9. The van der Waals surface area contributed by atoms with E-state index in [-0.39, 0.29) is 24.2 Å². The monoisotopic (exact) mass is 461 g/mol. The first-order chi connectivity index (χ1) is 16.5. The average Bonchev–Trinajstić information content (AvgIpc) is 3.34. The van der Waals surface area contributed by atoms with Crippen LogP contribution in [0.25, 0.3) is 5.69 Å². The van der Waals surface area contributed by atoms with Crippen molar-refractivity contribution in [2.45, 2.75) is 52.0 Å². The minimum Gasteiger partial charge on any atom is -0.333 e. The predicted molar refractivity (Wildman–Crippen MR) is 133 cm³/mol. The van der Waals surface area contributed by atoms with Gasteiger partial charge in [-0.25, -0.2) is 4.39 Å². The summed E-state index contributed by atoms with van der Waals surface area (Å²) in [7, 11) is 0. The van der Waals surface area contributed by atoms with Crippen LogP contribution in [0.4, 0.5) is 10.1 Å². The summed E-state index contributed by atoms with van der Waals surface area (Å²) in [5.74, 6) is -0.439. The lowest BCUT2D eigenvalue weighted by Crippen LogP contribution is -2.47. The van der Waals surface area contributed by atoms with E-state index >= 15 is 0 Å². The van der Waals surface area contributed by atoms with E-state index in [2.05, 4.69) is 18.4 Å². The number of hydrogen-bond acceptors (Lipinski definition) is 2. The maximum atomic E-state index is 13.9. The maximum absolute atomic E-state index is 13.9. The minimum absolute atomic E-state index is 0.0231. The van der Waals surface area contributed by atoms with Crippen LogP contribution in [0, 0.1) is 5.82 Å². The van der Waals surface area contributed by atoms with Crippen LogP contribution in [-0.4, -0.2) is 34.4 Å². The van der Waals surface area contributed by atoms with Crippen LogP contribution in [0.3, 0.4) is 0 Å². The molecular formula is C28H32FN3O2. The summed E-state index contributed by atoms with van der Waals surface area (Å²) >= 11 is 0. The van der Waals surface area contributed by atoms with Crippen molar-refractivity contribution in [3.8, 4) is 5.69 Å². The van der Waals surface area contributed by atoms with Crippen LogP contribution < -0.4 is 4.90 Å². The highest BCUT2D eigenvalue weighted by atomic mass is 19.1. The van der Waals surface area contributed by atoms with Crippen molar-refractivity contribution >= 4 is 17.5 Å².